The Morgan fingerprint density at radius 2 is 2.00 bits per heavy atom. The number of nitrogens with zero attached hydrogens (tertiary/aromatic N) is 1. The van der Waals surface area contributed by atoms with Crippen molar-refractivity contribution < 1.29 is 10.0 Å². The van der Waals surface area contributed by atoms with Crippen LogP contribution in [0.1, 0.15) is 13.8 Å². The van der Waals surface area contributed by atoms with Gasteiger partial charge in [-0.2, -0.15) is 0 Å². The molecule has 7 nitrogen and oxygen atoms in total. The fraction of sp³-hybridized carbons (Fsp3) is 0.455. The van der Waals surface area contributed by atoms with Crippen molar-refractivity contribution in [2.75, 3.05) is 17.3 Å². The molecule has 0 saturated heterocycles. The molecule has 1 aromatic carbocycles. The third kappa shape index (κ3) is 3.57. The molecule has 0 spiro atoms. The number of nitrogens with one attached hydrogen (secondary N) is 2. The monoisotopic (exact) mass is 254 g/mol. The van der Waals surface area contributed by atoms with Gasteiger partial charge in [-0.15, -0.1) is 0 Å². The van der Waals surface area contributed by atoms with E-state index in [2.05, 4.69) is 10.7 Å². The molecular formula is C11H18N4O3. The van der Waals surface area contributed by atoms with Gasteiger partial charge < -0.3 is 15.8 Å². The summed E-state index contributed by atoms with van der Waals surface area (Å²) < 4.78 is 0. The van der Waals surface area contributed by atoms with E-state index in [0.29, 0.717) is 11.4 Å². The van der Waals surface area contributed by atoms with E-state index in [1.807, 2.05) is 13.8 Å². The van der Waals surface area contributed by atoms with E-state index in [4.69, 9.17) is 5.84 Å². The van der Waals surface area contributed by atoms with Crippen LogP contribution in [0, 0.1) is 16.0 Å². The van der Waals surface area contributed by atoms with E-state index in [-0.39, 0.29) is 24.3 Å². The lowest BCUT2D eigenvalue weighted by Gasteiger charge is -2.21. The first-order valence-electron chi connectivity index (χ1n) is 5.61. The molecule has 18 heavy (non-hydrogen) atoms. The van der Waals surface area contributed by atoms with Crippen LogP contribution in [0.5, 0.6) is 0 Å². The van der Waals surface area contributed by atoms with Gasteiger partial charge in [0.1, 0.15) is 0 Å². The predicted octanol–water partition coefficient (Wildman–Crippen LogP) is 1.31. The van der Waals surface area contributed by atoms with Crippen LogP contribution in [0.3, 0.4) is 0 Å². The molecule has 0 aliphatic carbocycles. The zero-order chi connectivity index (χ0) is 13.7. The summed E-state index contributed by atoms with van der Waals surface area (Å²) in [6.07, 6.45) is 0. The second-order valence-corrected chi connectivity index (χ2v) is 4.35. The van der Waals surface area contributed by atoms with Crippen LogP contribution >= 0.6 is 0 Å². The number of nitrogens with two attached hydrogens (primary N) is 1. The van der Waals surface area contributed by atoms with Crippen molar-refractivity contribution in [3.63, 3.8) is 0 Å². The zero-order valence-electron chi connectivity index (χ0n) is 10.4. The summed E-state index contributed by atoms with van der Waals surface area (Å²) in [5.74, 6) is 5.46. The van der Waals surface area contributed by atoms with Crippen molar-refractivity contribution >= 4 is 17.1 Å². The topological polar surface area (TPSA) is 113 Å². The minimum atomic E-state index is -0.491. The Hall–Kier alpha value is -1.86. The summed E-state index contributed by atoms with van der Waals surface area (Å²) in [4.78, 5) is 10.3. The highest BCUT2D eigenvalue weighted by molar-refractivity contribution is 5.63. The lowest BCUT2D eigenvalue weighted by molar-refractivity contribution is -0.384. The summed E-state index contributed by atoms with van der Waals surface area (Å²) in [7, 11) is 0. The number of hydrogen-bond donors (Lipinski definition) is 4. The van der Waals surface area contributed by atoms with Gasteiger partial charge in [0.15, 0.2) is 0 Å². The van der Waals surface area contributed by atoms with Gasteiger partial charge >= 0.3 is 0 Å². The van der Waals surface area contributed by atoms with E-state index in [1.54, 1.807) is 6.07 Å². The maximum atomic E-state index is 10.8. The van der Waals surface area contributed by atoms with Crippen LogP contribution in [-0.4, -0.2) is 22.7 Å². The van der Waals surface area contributed by atoms with Crippen LogP contribution in [0.25, 0.3) is 0 Å². The van der Waals surface area contributed by atoms with Gasteiger partial charge in [0.2, 0.25) is 0 Å². The normalized spacial score (nSPS) is 12.3. The van der Waals surface area contributed by atoms with Gasteiger partial charge in [0.25, 0.3) is 5.69 Å². The highest BCUT2D eigenvalue weighted by Crippen LogP contribution is 2.25. The first-order chi connectivity index (χ1) is 8.47. The number of non-ortho nitro benzene ring substituents is 1. The minimum absolute atomic E-state index is 0.0499. The van der Waals surface area contributed by atoms with Gasteiger partial charge in [-0.25, -0.2) is 0 Å². The Bertz CT molecular complexity index is 423. The second-order valence-electron chi connectivity index (χ2n) is 4.35. The third-order valence-electron chi connectivity index (χ3n) is 2.65. The van der Waals surface area contributed by atoms with Gasteiger partial charge in [0, 0.05) is 17.8 Å². The lowest BCUT2D eigenvalue weighted by Crippen LogP contribution is -2.29. The summed E-state index contributed by atoms with van der Waals surface area (Å²) in [6.45, 7) is 3.85. The highest BCUT2D eigenvalue weighted by atomic mass is 16.6. The molecule has 0 amide bonds. The maximum absolute atomic E-state index is 10.8. The number of nitro benzene ring substituents is 1. The Morgan fingerprint density at radius 1 is 1.39 bits per heavy atom. The maximum Gasteiger partial charge on any atom is 0.273 e. The molecule has 0 aliphatic heterocycles. The molecule has 1 rings (SSSR count). The lowest BCUT2D eigenvalue weighted by atomic mass is 10.0. The highest BCUT2D eigenvalue weighted by Gasteiger charge is 2.15. The molecule has 5 N–H and O–H groups in total. The predicted molar refractivity (Wildman–Crippen MR) is 70.2 cm³/mol. The molecule has 100 valence electrons. The van der Waals surface area contributed by atoms with Gasteiger partial charge in [-0.1, -0.05) is 13.8 Å². The van der Waals surface area contributed by atoms with E-state index >= 15 is 0 Å². The molecule has 0 bridgehead atoms. The molecule has 0 fully saturated rings. The second kappa shape index (κ2) is 6.18. The van der Waals surface area contributed by atoms with Crippen molar-refractivity contribution in [3.05, 3.63) is 28.3 Å². The average molecular weight is 254 g/mol. The number of nitro groups is 1. The molecule has 0 aliphatic rings. The van der Waals surface area contributed by atoms with Crippen molar-refractivity contribution in [2.24, 2.45) is 11.8 Å². The van der Waals surface area contributed by atoms with Crippen LogP contribution in [0.15, 0.2) is 18.2 Å². The molecule has 0 aromatic heterocycles. The average Bonchev–Trinajstić information content (AvgIpc) is 2.34. The van der Waals surface area contributed by atoms with Crippen molar-refractivity contribution in [1.29, 1.82) is 0 Å². The number of anilines is 2. The summed E-state index contributed by atoms with van der Waals surface area (Å²) in [6, 6.07) is 4.23. The Balaban J connectivity index is 3.00. The standard InChI is InChI=1S/C11H18N4O3/c1-7(2)11(6-16)13-8-3-9(14-12)5-10(4-8)15(17)18/h3-5,7,11,13-14,16H,6,12H2,1-2H3/t11-/m1/s1. The summed E-state index contributed by atoms with van der Waals surface area (Å²) in [5.41, 5.74) is 3.30. The molecule has 0 saturated carbocycles. The minimum Gasteiger partial charge on any atom is -0.394 e. The fourth-order valence-corrected chi connectivity index (χ4v) is 1.52. The van der Waals surface area contributed by atoms with Gasteiger partial charge in [-0.05, 0) is 12.0 Å². The van der Waals surface area contributed by atoms with Gasteiger partial charge in [0.05, 0.1) is 23.3 Å². The largest absolute Gasteiger partial charge is 0.394 e. The van der Waals surface area contributed by atoms with E-state index < -0.39 is 4.92 Å². The van der Waals surface area contributed by atoms with E-state index in [1.165, 1.54) is 12.1 Å². The molecule has 0 unspecified atom stereocenters. The fourth-order valence-electron chi connectivity index (χ4n) is 1.52. The van der Waals surface area contributed by atoms with E-state index in [0.717, 1.165) is 0 Å². The van der Waals surface area contributed by atoms with Crippen molar-refractivity contribution in [3.8, 4) is 0 Å². The zero-order valence-corrected chi connectivity index (χ0v) is 10.4. The van der Waals surface area contributed by atoms with E-state index in [9.17, 15) is 15.2 Å². The molecule has 0 heterocycles. The number of nitrogen functional groups attached to an aromatic ring is 1. The van der Waals surface area contributed by atoms with Crippen LogP contribution in [-0.2, 0) is 0 Å². The van der Waals surface area contributed by atoms with Crippen molar-refractivity contribution in [1.82, 2.24) is 0 Å². The molecule has 7 heteroatoms. The Kier molecular flexibility index (Phi) is 4.87. The first-order valence-corrected chi connectivity index (χ1v) is 5.61. The Morgan fingerprint density at radius 3 is 2.44 bits per heavy atom. The first kappa shape index (κ1) is 14.2. The molecular weight excluding hydrogens is 236 g/mol. The van der Waals surface area contributed by atoms with Crippen LogP contribution < -0.4 is 16.6 Å². The number of aliphatic hydroxyl groups excluding tert-OH is 1. The Labute approximate surface area is 105 Å². The molecule has 1 atom stereocenters. The molecule has 0 radical (unpaired) electrons. The molecule has 1 aromatic rings. The smallest absolute Gasteiger partial charge is 0.273 e. The summed E-state index contributed by atoms with van der Waals surface area (Å²) in [5, 5.41) is 23.0. The number of hydrogen-bond acceptors (Lipinski definition) is 6. The van der Waals surface area contributed by atoms with Crippen LogP contribution in [0.4, 0.5) is 17.1 Å². The quantitative estimate of drug-likeness (QED) is 0.346. The van der Waals surface area contributed by atoms with Crippen molar-refractivity contribution in [2.45, 2.75) is 19.9 Å². The third-order valence-corrected chi connectivity index (χ3v) is 2.65. The van der Waals surface area contributed by atoms with Crippen LogP contribution in [0.2, 0.25) is 0 Å². The number of benzene rings is 1. The van der Waals surface area contributed by atoms with Gasteiger partial charge in [-0.3, -0.25) is 16.0 Å². The summed E-state index contributed by atoms with van der Waals surface area (Å²) >= 11 is 0. The SMILES string of the molecule is CC(C)[C@@H](CO)Nc1cc(NN)cc([N+](=O)[O-])c1. The number of hydrazine groups is 1. The number of aliphatic hydroxyl groups is 1. The number of rotatable bonds is 6.